The minimum Gasteiger partial charge on any atom is -0.477 e. The Labute approximate surface area is 114 Å². The van der Waals surface area contributed by atoms with Gasteiger partial charge >= 0.3 is 5.97 Å². The molecule has 0 aliphatic carbocycles. The number of hydrogen-bond donors (Lipinski definition) is 1. The van der Waals surface area contributed by atoms with Crippen LogP contribution in [0.2, 0.25) is 0 Å². The van der Waals surface area contributed by atoms with E-state index in [1.54, 1.807) is 19.1 Å². The summed E-state index contributed by atoms with van der Waals surface area (Å²) in [6.45, 7) is 1.58. The van der Waals surface area contributed by atoms with Crippen molar-refractivity contribution < 1.29 is 14.4 Å². The van der Waals surface area contributed by atoms with Crippen LogP contribution in [0, 0.1) is 6.92 Å². The number of rotatable bonds is 2. The highest BCUT2D eigenvalue weighted by molar-refractivity contribution is 9.13. The van der Waals surface area contributed by atoms with Gasteiger partial charge in [-0.1, -0.05) is 11.2 Å². The lowest BCUT2D eigenvalue weighted by molar-refractivity contribution is 0.0696. The normalized spacial score (nSPS) is 10.5. The standard InChI is InChI=1S/C11H7Br2NO3/c1-5-9(11(15)16)10(14-17-5)6-2-3-7(12)8(13)4-6/h2-4H,1H3,(H,15,16). The van der Waals surface area contributed by atoms with Crippen LogP contribution in [0.4, 0.5) is 0 Å². The first-order valence-corrected chi connectivity index (χ1v) is 6.24. The Morgan fingerprint density at radius 2 is 2.06 bits per heavy atom. The summed E-state index contributed by atoms with van der Waals surface area (Å²) in [4.78, 5) is 11.1. The van der Waals surface area contributed by atoms with E-state index in [1.807, 2.05) is 6.07 Å². The molecule has 0 fully saturated rings. The van der Waals surface area contributed by atoms with E-state index < -0.39 is 5.97 Å². The molecule has 2 rings (SSSR count). The van der Waals surface area contributed by atoms with Gasteiger partial charge in [0.15, 0.2) is 0 Å². The number of aromatic nitrogens is 1. The van der Waals surface area contributed by atoms with Crippen LogP contribution >= 0.6 is 31.9 Å². The van der Waals surface area contributed by atoms with Gasteiger partial charge < -0.3 is 9.63 Å². The average Bonchev–Trinajstić information content (AvgIpc) is 2.64. The Kier molecular flexibility index (Phi) is 3.35. The molecule has 1 aromatic carbocycles. The zero-order valence-corrected chi connectivity index (χ0v) is 11.9. The zero-order valence-electron chi connectivity index (χ0n) is 8.70. The molecule has 0 unspecified atom stereocenters. The highest BCUT2D eigenvalue weighted by atomic mass is 79.9. The van der Waals surface area contributed by atoms with Gasteiger partial charge in [-0.15, -0.1) is 0 Å². The molecular formula is C11H7Br2NO3. The maximum Gasteiger partial charge on any atom is 0.341 e. The lowest BCUT2D eigenvalue weighted by Gasteiger charge is -2.01. The van der Waals surface area contributed by atoms with Crippen LogP contribution in [0.3, 0.4) is 0 Å². The van der Waals surface area contributed by atoms with Gasteiger partial charge in [-0.25, -0.2) is 4.79 Å². The van der Waals surface area contributed by atoms with Crippen molar-refractivity contribution in [2.45, 2.75) is 6.92 Å². The molecular weight excluding hydrogens is 354 g/mol. The molecule has 88 valence electrons. The smallest absolute Gasteiger partial charge is 0.341 e. The molecule has 0 bridgehead atoms. The van der Waals surface area contributed by atoms with Crippen LogP contribution in [0.15, 0.2) is 31.7 Å². The molecule has 1 heterocycles. The van der Waals surface area contributed by atoms with Crippen molar-refractivity contribution in [3.05, 3.63) is 38.5 Å². The maximum atomic E-state index is 11.1. The van der Waals surface area contributed by atoms with Gasteiger partial charge in [0.05, 0.1) is 0 Å². The first-order valence-electron chi connectivity index (χ1n) is 4.65. The summed E-state index contributed by atoms with van der Waals surface area (Å²) in [5.41, 5.74) is 1.12. The van der Waals surface area contributed by atoms with Crippen LogP contribution < -0.4 is 0 Å². The largest absolute Gasteiger partial charge is 0.477 e. The van der Waals surface area contributed by atoms with E-state index in [1.165, 1.54) is 0 Å². The van der Waals surface area contributed by atoms with E-state index in [2.05, 4.69) is 37.0 Å². The number of halogens is 2. The van der Waals surface area contributed by atoms with Crippen LogP contribution in [0.5, 0.6) is 0 Å². The number of aromatic carboxylic acids is 1. The topological polar surface area (TPSA) is 63.3 Å². The molecule has 17 heavy (non-hydrogen) atoms. The third-order valence-corrected chi connectivity index (χ3v) is 4.15. The van der Waals surface area contributed by atoms with Crippen LogP contribution in [0.1, 0.15) is 16.1 Å². The molecule has 0 saturated heterocycles. The number of nitrogens with zero attached hydrogens (tertiary/aromatic N) is 1. The predicted molar refractivity (Wildman–Crippen MR) is 69.0 cm³/mol. The summed E-state index contributed by atoms with van der Waals surface area (Å²) in [5, 5.41) is 12.9. The van der Waals surface area contributed by atoms with Crippen molar-refractivity contribution in [1.29, 1.82) is 0 Å². The van der Waals surface area contributed by atoms with Gasteiger partial charge in [-0.2, -0.15) is 0 Å². The highest BCUT2D eigenvalue weighted by Crippen LogP contribution is 2.31. The van der Waals surface area contributed by atoms with Crippen molar-refractivity contribution in [3.63, 3.8) is 0 Å². The predicted octanol–water partition coefficient (Wildman–Crippen LogP) is 3.87. The van der Waals surface area contributed by atoms with Gasteiger partial charge in [0, 0.05) is 14.5 Å². The molecule has 0 radical (unpaired) electrons. The molecule has 0 saturated carbocycles. The fourth-order valence-corrected chi connectivity index (χ4v) is 2.09. The van der Waals surface area contributed by atoms with Crippen molar-refractivity contribution >= 4 is 37.8 Å². The Hall–Kier alpha value is -1.14. The van der Waals surface area contributed by atoms with Crippen LogP contribution in [-0.4, -0.2) is 16.2 Å². The summed E-state index contributed by atoms with van der Waals surface area (Å²) < 4.78 is 6.64. The first-order chi connectivity index (χ1) is 8.00. The van der Waals surface area contributed by atoms with E-state index in [9.17, 15) is 4.79 Å². The van der Waals surface area contributed by atoms with Crippen LogP contribution in [0.25, 0.3) is 11.3 Å². The number of carboxylic acids is 1. The molecule has 2 aromatic rings. The lowest BCUT2D eigenvalue weighted by Crippen LogP contribution is -1.99. The number of carbonyl (C=O) groups is 1. The summed E-state index contributed by atoms with van der Waals surface area (Å²) >= 11 is 6.71. The Balaban J connectivity index is 2.60. The fraction of sp³-hybridized carbons (Fsp3) is 0.0909. The minimum absolute atomic E-state index is 0.0965. The summed E-state index contributed by atoms with van der Waals surface area (Å²) in [6, 6.07) is 5.38. The quantitative estimate of drug-likeness (QED) is 0.882. The summed E-state index contributed by atoms with van der Waals surface area (Å²) in [7, 11) is 0. The van der Waals surface area contributed by atoms with Gasteiger partial charge in [0.2, 0.25) is 0 Å². The highest BCUT2D eigenvalue weighted by Gasteiger charge is 2.21. The molecule has 1 N–H and O–H groups in total. The second-order valence-electron chi connectivity index (χ2n) is 3.40. The van der Waals surface area contributed by atoms with Gasteiger partial charge in [0.25, 0.3) is 0 Å². The molecule has 0 amide bonds. The number of carboxylic acid groups (broad SMARTS) is 1. The zero-order chi connectivity index (χ0) is 12.6. The van der Waals surface area contributed by atoms with E-state index >= 15 is 0 Å². The van der Waals surface area contributed by atoms with Gasteiger partial charge in [0.1, 0.15) is 17.0 Å². The van der Waals surface area contributed by atoms with Gasteiger partial charge in [-0.05, 0) is 50.9 Å². The summed E-state index contributed by atoms with van der Waals surface area (Å²) in [5.74, 6) is -0.746. The third-order valence-electron chi connectivity index (χ3n) is 2.27. The maximum absolute atomic E-state index is 11.1. The average molecular weight is 361 g/mol. The fourth-order valence-electron chi connectivity index (χ4n) is 1.46. The number of benzene rings is 1. The van der Waals surface area contributed by atoms with E-state index in [-0.39, 0.29) is 5.56 Å². The van der Waals surface area contributed by atoms with E-state index in [4.69, 9.17) is 9.63 Å². The van der Waals surface area contributed by atoms with Crippen LogP contribution in [-0.2, 0) is 0 Å². The second kappa shape index (κ2) is 4.62. The molecule has 4 nitrogen and oxygen atoms in total. The SMILES string of the molecule is Cc1onc(-c2ccc(Br)c(Br)c2)c1C(=O)O. The first kappa shape index (κ1) is 12.3. The van der Waals surface area contributed by atoms with Crippen molar-refractivity contribution in [2.75, 3.05) is 0 Å². The lowest BCUT2D eigenvalue weighted by atomic mass is 10.1. The Bertz CT molecular complexity index is 592. The van der Waals surface area contributed by atoms with Crippen molar-refractivity contribution in [3.8, 4) is 11.3 Å². The van der Waals surface area contributed by atoms with Gasteiger partial charge in [-0.3, -0.25) is 0 Å². The Morgan fingerprint density at radius 1 is 1.35 bits per heavy atom. The molecule has 0 aliphatic rings. The van der Waals surface area contributed by atoms with E-state index in [0.29, 0.717) is 17.0 Å². The van der Waals surface area contributed by atoms with Crippen molar-refractivity contribution in [1.82, 2.24) is 5.16 Å². The Morgan fingerprint density at radius 3 is 2.65 bits per heavy atom. The molecule has 6 heteroatoms. The molecule has 1 aromatic heterocycles. The molecule has 0 atom stereocenters. The minimum atomic E-state index is -1.04. The van der Waals surface area contributed by atoms with Crippen molar-refractivity contribution in [2.24, 2.45) is 0 Å². The number of aryl methyl sites for hydroxylation is 1. The summed E-state index contributed by atoms with van der Waals surface area (Å²) in [6.07, 6.45) is 0. The monoisotopic (exact) mass is 359 g/mol. The molecule has 0 aliphatic heterocycles. The molecule has 0 spiro atoms. The van der Waals surface area contributed by atoms with E-state index in [0.717, 1.165) is 8.95 Å². The third kappa shape index (κ3) is 2.28. The second-order valence-corrected chi connectivity index (χ2v) is 5.11. The number of hydrogen-bond acceptors (Lipinski definition) is 3.